The topological polar surface area (TPSA) is 82.6 Å². The summed E-state index contributed by atoms with van der Waals surface area (Å²) in [7, 11) is 3.78. The molecule has 0 radical (unpaired) electrons. The molecule has 2 aromatic rings. The summed E-state index contributed by atoms with van der Waals surface area (Å²) in [5.41, 5.74) is 0.322. The highest BCUT2D eigenvalue weighted by Crippen LogP contribution is 2.30. The van der Waals surface area contributed by atoms with Crippen LogP contribution in [-0.4, -0.2) is 39.3 Å². The number of aromatic hydroxyl groups is 2. The van der Waals surface area contributed by atoms with Crippen molar-refractivity contribution in [1.29, 1.82) is 0 Å². The highest BCUT2D eigenvalue weighted by Gasteiger charge is 2.13. The van der Waals surface area contributed by atoms with E-state index in [1.54, 1.807) is 0 Å². The lowest BCUT2D eigenvalue weighted by Crippen LogP contribution is -2.11. The van der Waals surface area contributed by atoms with Gasteiger partial charge in [-0.3, -0.25) is 0 Å². The monoisotopic (exact) mass is 235 g/mol. The zero-order valence-electron chi connectivity index (χ0n) is 9.58. The number of hydrogen-bond acceptors (Lipinski definition) is 6. The zero-order valence-corrected chi connectivity index (χ0v) is 9.58. The fourth-order valence-corrected chi connectivity index (χ4v) is 1.41. The largest absolute Gasteiger partial charge is 0.508 e. The molecule has 17 heavy (non-hydrogen) atoms. The summed E-state index contributed by atoms with van der Waals surface area (Å²) in [4.78, 5) is 6.03. The average Bonchev–Trinajstić information content (AvgIpc) is 2.69. The molecule has 0 fully saturated rings. The van der Waals surface area contributed by atoms with E-state index in [0.29, 0.717) is 17.9 Å². The minimum Gasteiger partial charge on any atom is -0.508 e. The molecule has 0 amide bonds. The maximum absolute atomic E-state index is 9.63. The van der Waals surface area contributed by atoms with Gasteiger partial charge in [-0.1, -0.05) is 5.16 Å². The molecule has 0 aliphatic carbocycles. The Morgan fingerprint density at radius 3 is 2.76 bits per heavy atom. The number of benzene rings is 1. The van der Waals surface area contributed by atoms with Gasteiger partial charge in [-0.2, -0.15) is 4.98 Å². The highest BCUT2D eigenvalue weighted by molar-refractivity contribution is 5.64. The lowest BCUT2D eigenvalue weighted by molar-refractivity contribution is 0.365. The van der Waals surface area contributed by atoms with Gasteiger partial charge in [0.05, 0.1) is 12.1 Å². The first-order valence-corrected chi connectivity index (χ1v) is 5.06. The summed E-state index contributed by atoms with van der Waals surface area (Å²) < 4.78 is 5.03. The molecule has 1 aromatic carbocycles. The second kappa shape index (κ2) is 4.42. The van der Waals surface area contributed by atoms with Gasteiger partial charge < -0.3 is 19.6 Å². The maximum atomic E-state index is 9.63. The first-order chi connectivity index (χ1) is 8.06. The number of hydrogen-bond donors (Lipinski definition) is 2. The van der Waals surface area contributed by atoms with Crippen LogP contribution in [0.25, 0.3) is 11.5 Å². The highest BCUT2D eigenvalue weighted by atomic mass is 16.5. The van der Waals surface area contributed by atoms with Gasteiger partial charge in [-0.05, 0) is 32.3 Å². The van der Waals surface area contributed by atoms with Crippen molar-refractivity contribution < 1.29 is 14.7 Å². The number of phenolic OH excluding ortho intramolecular Hbond substituents is 2. The van der Waals surface area contributed by atoms with E-state index in [4.69, 9.17) is 4.52 Å². The van der Waals surface area contributed by atoms with Crippen LogP contribution in [0, 0.1) is 0 Å². The van der Waals surface area contributed by atoms with Crippen LogP contribution in [0.3, 0.4) is 0 Å². The van der Waals surface area contributed by atoms with Crippen molar-refractivity contribution in [2.24, 2.45) is 0 Å². The molecule has 2 rings (SSSR count). The molecule has 6 nitrogen and oxygen atoms in total. The average molecular weight is 235 g/mol. The van der Waals surface area contributed by atoms with Crippen molar-refractivity contribution in [3.8, 4) is 23.0 Å². The summed E-state index contributed by atoms with van der Waals surface area (Å²) in [5, 5.41) is 22.8. The smallest absolute Gasteiger partial charge is 0.261 e. The lowest BCUT2D eigenvalue weighted by Gasteiger charge is -2.03. The summed E-state index contributed by atoms with van der Waals surface area (Å²) in [6.07, 6.45) is 0. The van der Waals surface area contributed by atoms with Crippen molar-refractivity contribution in [3.63, 3.8) is 0 Å². The first-order valence-electron chi connectivity index (χ1n) is 5.06. The summed E-state index contributed by atoms with van der Waals surface area (Å²) >= 11 is 0. The Hall–Kier alpha value is -2.08. The second-order valence-electron chi connectivity index (χ2n) is 3.95. The fourth-order valence-electron chi connectivity index (χ4n) is 1.41. The van der Waals surface area contributed by atoms with E-state index >= 15 is 0 Å². The normalized spacial score (nSPS) is 11.0. The molecule has 0 spiro atoms. The zero-order chi connectivity index (χ0) is 12.4. The Balaban J connectivity index is 2.33. The predicted molar refractivity (Wildman–Crippen MR) is 60.5 cm³/mol. The minimum absolute atomic E-state index is 0.0112. The van der Waals surface area contributed by atoms with Gasteiger partial charge in [0.15, 0.2) is 5.82 Å². The van der Waals surface area contributed by atoms with E-state index in [2.05, 4.69) is 10.1 Å². The minimum atomic E-state index is -0.0112. The van der Waals surface area contributed by atoms with E-state index in [1.807, 2.05) is 19.0 Å². The molecule has 6 heteroatoms. The standard InChI is InChI=1S/C11H13N3O3/c1-14(2)6-10-12-11(17-13-10)8-5-7(15)3-4-9(8)16/h3-5,15-16H,6H2,1-2H3. The number of nitrogens with zero attached hydrogens (tertiary/aromatic N) is 3. The van der Waals surface area contributed by atoms with Crippen molar-refractivity contribution in [2.75, 3.05) is 14.1 Å². The van der Waals surface area contributed by atoms with Crippen LogP contribution in [0.5, 0.6) is 11.5 Å². The van der Waals surface area contributed by atoms with Crippen molar-refractivity contribution >= 4 is 0 Å². The molecular weight excluding hydrogens is 222 g/mol. The van der Waals surface area contributed by atoms with Gasteiger partial charge in [0, 0.05) is 0 Å². The van der Waals surface area contributed by atoms with Crippen LogP contribution < -0.4 is 0 Å². The van der Waals surface area contributed by atoms with E-state index < -0.39 is 0 Å². The first kappa shape index (κ1) is 11.4. The van der Waals surface area contributed by atoms with Gasteiger partial charge in [0.25, 0.3) is 5.89 Å². The third kappa shape index (κ3) is 2.54. The van der Waals surface area contributed by atoms with Crippen molar-refractivity contribution in [3.05, 3.63) is 24.0 Å². The summed E-state index contributed by atoms with van der Waals surface area (Å²) in [6, 6.07) is 4.14. The van der Waals surface area contributed by atoms with Crippen LogP contribution in [0.15, 0.2) is 22.7 Å². The third-order valence-corrected chi connectivity index (χ3v) is 2.14. The number of phenols is 2. The van der Waals surface area contributed by atoms with Crippen molar-refractivity contribution in [1.82, 2.24) is 15.0 Å². The summed E-state index contributed by atoms with van der Waals surface area (Å²) in [6.45, 7) is 0.545. The lowest BCUT2D eigenvalue weighted by atomic mass is 10.2. The van der Waals surface area contributed by atoms with E-state index in [0.717, 1.165) is 0 Å². The molecule has 2 N–H and O–H groups in total. The van der Waals surface area contributed by atoms with E-state index in [9.17, 15) is 10.2 Å². The van der Waals surface area contributed by atoms with Gasteiger partial charge in [0.1, 0.15) is 11.5 Å². The molecule has 0 saturated heterocycles. The molecule has 0 atom stereocenters. The van der Waals surface area contributed by atoms with Gasteiger partial charge in [-0.15, -0.1) is 0 Å². The molecule has 90 valence electrons. The number of rotatable bonds is 3. The molecule has 0 aliphatic rings. The Kier molecular flexibility index (Phi) is 2.97. The van der Waals surface area contributed by atoms with Gasteiger partial charge in [0.2, 0.25) is 0 Å². The van der Waals surface area contributed by atoms with Gasteiger partial charge >= 0.3 is 0 Å². The van der Waals surface area contributed by atoms with Crippen LogP contribution >= 0.6 is 0 Å². The Labute approximate surface area is 98.1 Å². The van der Waals surface area contributed by atoms with Crippen LogP contribution in [0.1, 0.15) is 5.82 Å². The number of aromatic nitrogens is 2. The Bertz CT molecular complexity index is 522. The quantitative estimate of drug-likeness (QED) is 0.778. The third-order valence-electron chi connectivity index (χ3n) is 2.14. The fraction of sp³-hybridized carbons (Fsp3) is 0.273. The second-order valence-corrected chi connectivity index (χ2v) is 3.95. The molecule has 0 unspecified atom stereocenters. The Morgan fingerprint density at radius 2 is 2.06 bits per heavy atom. The molecular formula is C11H13N3O3. The van der Waals surface area contributed by atoms with Crippen LogP contribution in [0.2, 0.25) is 0 Å². The molecule has 0 saturated carbocycles. The maximum Gasteiger partial charge on any atom is 0.261 e. The van der Waals surface area contributed by atoms with Crippen LogP contribution in [0.4, 0.5) is 0 Å². The van der Waals surface area contributed by atoms with Crippen molar-refractivity contribution in [2.45, 2.75) is 6.54 Å². The van der Waals surface area contributed by atoms with Gasteiger partial charge in [-0.25, -0.2) is 0 Å². The molecule has 0 bridgehead atoms. The Morgan fingerprint density at radius 1 is 1.29 bits per heavy atom. The molecule has 1 heterocycles. The van der Waals surface area contributed by atoms with Crippen LogP contribution in [-0.2, 0) is 6.54 Å². The van der Waals surface area contributed by atoms with E-state index in [-0.39, 0.29) is 17.4 Å². The molecule has 1 aromatic heterocycles. The van der Waals surface area contributed by atoms with E-state index in [1.165, 1.54) is 18.2 Å². The molecule has 0 aliphatic heterocycles. The summed E-state index contributed by atoms with van der Waals surface area (Å²) in [5.74, 6) is 0.732. The SMILES string of the molecule is CN(C)Cc1noc(-c2cc(O)ccc2O)n1. The predicted octanol–water partition coefficient (Wildman–Crippen LogP) is 1.21.